The molecule has 0 radical (unpaired) electrons. The van der Waals surface area contributed by atoms with Crippen LogP contribution in [0.3, 0.4) is 0 Å². The van der Waals surface area contributed by atoms with E-state index in [1.807, 2.05) is 20.8 Å². The predicted molar refractivity (Wildman–Crippen MR) is 72.4 cm³/mol. The van der Waals surface area contributed by atoms with Gasteiger partial charge in [0.2, 0.25) is 0 Å². The van der Waals surface area contributed by atoms with Crippen molar-refractivity contribution in [3.05, 3.63) is 29.6 Å². The average Bonchev–Trinajstić information content (AvgIpc) is 2.24. The fourth-order valence-electron chi connectivity index (χ4n) is 1.60. The molecule has 0 saturated carbocycles. The highest BCUT2D eigenvalue weighted by Crippen LogP contribution is 2.24. The lowest BCUT2D eigenvalue weighted by Gasteiger charge is -2.21. The maximum absolute atomic E-state index is 13.1. The number of carbonyl (C=O) groups is 1. The first-order valence-corrected chi connectivity index (χ1v) is 6.18. The number of benzene rings is 1. The zero-order valence-electron chi connectivity index (χ0n) is 11.8. The number of nitrogens with one attached hydrogen (secondary N) is 1. The molecule has 0 fully saturated rings. The van der Waals surface area contributed by atoms with Crippen LogP contribution in [0.2, 0.25) is 0 Å². The molecule has 0 aromatic heterocycles. The van der Waals surface area contributed by atoms with Gasteiger partial charge in [-0.1, -0.05) is 0 Å². The molecule has 0 aliphatic rings. The lowest BCUT2D eigenvalue weighted by atomic mass is 10.1. The molecule has 0 saturated heterocycles. The molecule has 0 unspecified atom stereocenters. The average molecular weight is 268 g/mol. The summed E-state index contributed by atoms with van der Waals surface area (Å²) < 4.78 is 18.5. The fraction of sp³-hybridized carbons (Fsp3) is 0.500. The predicted octanol–water partition coefficient (Wildman–Crippen LogP) is 2.14. The van der Waals surface area contributed by atoms with Crippen LogP contribution in [0.15, 0.2) is 18.2 Å². The van der Waals surface area contributed by atoms with Gasteiger partial charge in [0.25, 0.3) is 5.91 Å². The zero-order chi connectivity index (χ0) is 14.6. The number of halogens is 1. The van der Waals surface area contributed by atoms with E-state index >= 15 is 0 Å². The zero-order valence-corrected chi connectivity index (χ0v) is 11.8. The molecular weight excluding hydrogens is 247 g/mol. The third kappa shape index (κ3) is 5.26. The van der Waals surface area contributed by atoms with Gasteiger partial charge in [-0.2, -0.15) is 0 Å². The standard InChI is InChI=1S/C14H21FN2O2/c1-9(16)11-7-10(15)5-6-12(11)19-8-13(18)17-14(2,3)4/h5-7,9H,8,16H2,1-4H3,(H,17,18)/t9-/m0/s1. The summed E-state index contributed by atoms with van der Waals surface area (Å²) in [5.74, 6) is -0.174. The summed E-state index contributed by atoms with van der Waals surface area (Å²) in [6, 6.07) is 3.72. The molecule has 0 aliphatic carbocycles. The highest BCUT2D eigenvalue weighted by atomic mass is 19.1. The van der Waals surface area contributed by atoms with Crippen LogP contribution in [0.1, 0.15) is 39.3 Å². The summed E-state index contributed by atoms with van der Waals surface area (Å²) >= 11 is 0. The highest BCUT2D eigenvalue weighted by Gasteiger charge is 2.15. The Balaban J connectivity index is 2.70. The van der Waals surface area contributed by atoms with Crippen molar-refractivity contribution in [1.82, 2.24) is 5.32 Å². The number of hydrogen-bond donors (Lipinski definition) is 2. The second-order valence-corrected chi connectivity index (χ2v) is 5.56. The Kier molecular flexibility index (Phi) is 4.89. The van der Waals surface area contributed by atoms with Crippen LogP contribution in [0.25, 0.3) is 0 Å². The van der Waals surface area contributed by atoms with Crippen molar-refractivity contribution in [2.24, 2.45) is 5.73 Å². The van der Waals surface area contributed by atoms with E-state index in [0.717, 1.165) is 0 Å². The summed E-state index contributed by atoms with van der Waals surface area (Å²) in [4.78, 5) is 11.6. The van der Waals surface area contributed by atoms with Crippen molar-refractivity contribution >= 4 is 5.91 Å². The Labute approximate surface area is 113 Å². The summed E-state index contributed by atoms with van der Waals surface area (Å²) in [6.45, 7) is 7.27. The van der Waals surface area contributed by atoms with Gasteiger partial charge in [-0.15, -0.1) is 0 Å². The van der Waals surface area contributed by atoms with E-state index in [-0.39, 0.29) is 29.9 Å². The van der Waals surface area contributed by atoms with Crippen molar-refractivity contribution in [2.45, 2.75) is 39.3 Å². The van der Waals surface area contributed by atoms with E-state index in [1.165, 1.54) is 18.2 Å². The van der Waals surface area contributed by atoms with Crippen molar-refractivity contribution in [2.75, 3.05) is 6.61 Å². The molecule has 5 heteroatoms. The molecule has 106 valence electrons. The Morgan fingerprint density at radius 3 is 2.63 bits per heavy atom. The maximum Gasteiger partial charge on any atom is 0.258 e. The number of rotatable bonds is 4. The van der Waals surface area contributed by atoms with Crippen LogP contribution < -0.4 is 15.8 Å². The Hall–Kier alpha value is -1.62. The first-order valence-electron chi connectivity index (χ1n) is 6.18. The Morgan fingerprint density at radius 2 is 2.11 bits per heavy atom. The number of amides is 1. The number of carbonyl (C=O) groups excluding carboxylic acids is 1. The normalized spacial score (nSPS) is 12.9. The SMILES string of the molecule is C[C@H](N)c1cc(F)ccc1OCC(=O)NC(C)(C)C. The molecule has 1 atom stereocenters. The van der Waals surface area contributed by atoms with Gasteiger partial charge in [-0.05, 0) is 45.9 Å². The Morgan fingerprint density at radius 1 is 1.47 bits per heavy atom. The van der Waals surface area contributed by atoms with Crippen LogP contribution in [0.4, 0.5) is 4.39 Å². The second-order valence-electron chi connectivity index (χ2n) is 5.56. The number of hydrogen-bond acceptors (Lipinski definition) is 3. The van der Waals surface area contributed by atoms with Crippen molar-refractivity contribution < 1.29 is 13.9 Å². The van der Waals surface area contributed by atoms with Gasteiger partial charge in [-0.3, -0.25) is 4.79 Å². The van der Waals surface area contributed by atoms with Gasteiger partial charge in [0.05, 0.1) is 0 Å². The molecule has 1 aromatic rings. The van der Waals surface area contributed by atoms with Crippen LogP contribution >= 0.6 is 0 Å². The molecule has 1 rings (SSSR count). The van der Waals surface area contributed by atoms with Gasteiger partial charge < -0.3 is 15.8 Å². The van der Waals surface area contributed by atoms with Gasteiger partial charge in [0, 0.05) is 17.1 Å². The third-order valence-corrected chi connectivity index (χ3v) is 2.34. The van der Waals surface area contributed by atoms with Gasteiger partial charge in [0.15, 0.2) is 6.61 Å². The molecule has 4 nitrogen and oxygen atoms in total. The summed E-state index contributed by atoms with van der Waals surface area (Å²) in [5, 5.41) is 2.78. The molecule has 19 heavy (non-hydrogen) atoms. The minimum atomic E-state index is -0.376. The van der Waals surface area contributed by atoms with E-state index < -0.39 is 0 Å². The van der Waals surface area contributed by atoms with Gasteiger partial charge in [-0.25, -0.2) is 4.39 Å². The molecular formula is C14H21FN2O2. The Bertz CT molecular complexity index is 453. The molecule has 3 N–H and O–H groups in total. The van der Waals surface area contributed by atoms with Crippen molar-refractivity contribution in [1.29, 1.82) is 0 Å². The van der Waals surface area contributed by atoms with E-state index in [0.29, 0.717) is 11.3 Å². The first kappa shape index (κ1) is 15.4. The smallest absolute Gasteiger partial charge is 0.258 e. The minimum Gasteiger partial charge on any atom is -0.483 e. The van der Waals surface area contributed by atoms with E-state index in [4.69, 9.17) is 10.5 Å². The van der Waals surface area contributed by atoms with E-state index in [9.17, 15) is 9.18 Å². The van der Waals surface area contributed by atoms with E-state index in [1.54, 1.807) is 6.92 Å². The molecule has 0 spiro atoms. The second kappa shape index (κ2) is 6.02. The summed E-state index contributed by atoms with van der Waals surface area (Å²) in [6.07, 6.45) is 0. The fourth-order valence-corrected chi connectivity index (χ4v) is 1.60. The maximum atomic E-state index is 13.1. The van der Waals surface area contributed by atoms with Crippen molar-refractivity contribution in [3.8, 4) is 5.75 Å². The summed E-state index contributed by atoms with van der Waals surface area (Å²) in [5.41, 5.74) is 5.98. The van der Waals surface area contributed by atoms with Crippen LogP contribution in [-0.2, 0) is 4.79 Å². The topological polar surface area (TPSA) is 64.3 Å². The van der Waals surface area contributed by atoms with Crippen LogP contribution in [-0.4, -0.2) is 18.1 Å². The molecule has 1 amide bonds. The molecule has 1 aromatic carbocycles. The molecule has 0 aliphatic heterocycles. The van der Waals surface area contributed by atoms with Crippen LogP contribution in [0.5, 0.6) is 5.75 Å². The number of ether oxygens (including phenoxy) is 1. The lowest BCUT2D eigenvalue weighted by molar-refractivity contribution is -0.124. The molecule has 0 bridgehead atoms. The third-order valence-electron chi connectivity index (χ3n) is 2.34. The highest BCUT2D eigenvalue weighted by molar-refractivity contribution is 5.78. The monoisotopic (exact) mass is 268 g/mol. The summed E-state index contributed by atoms with van der Waals surface area (Å²) in [7, 11) is 0. The van der Waals surface area contributed by atoms with Gasteiger partial charge in [0.1, 0.15) is 11.6 Å². The largest absolute Gasteiger partial charge is 0.483 e. The quantitative estimate of drug-likeness (QED) is 0.879. The number of nitrogens with two attached hydrogens (primary N) is 1. The minimum absolute atomic E-state index is 0.122. The first-order chi connectivity index (χ1) is 8.69. The van der Waals surface area contributed by atoms with Crippen molar-refractivity contribution in [3.63, 3.8) is 0 Å². The van der Waals surface area contributed by atoms with Crippen LogP contribution in [0, 0.1) is 5.82 Å². The van der Waals surface area contributed by atoms with E-state index in [2.05, 4.69) is 5.32 Å². The lowest BCUT2D eigenvalue weighted by Crippen LogP contribution is -2.43. The van der Waals surface area contributed by atoms with Gasteiger partial charge >= 0.3 is 0 Å². The molecule has 0 heterocycles.